The average molecular weight is 435 g/mol. The average Bonchev–Trinajstić information content (AvgIpc) is 3.18. The van der Waals surface area contributed by atoms with Crippen molar-refractivity contribution in [1.29, 1.82) is 0 Å². The highest BCUT2D eigenvalue weighted by Crippen LogP contribution is 2.35. The standard InChI is InChI=1S/C24H22N2O2S2/c1-16-13-19(17(2)26(16)20-9-11-21(28-3)12-10-20)14-22-23(27)25(24(29)30-22)15-18-7-5-4-6-8-18/h4-14H,15H2,1-3H3/b22-14+. The summed E-state index contributed by atoms with van der Waals surface area (Å²) < 4.78 is 8.03. The lowest BCUT2D eigenvalue weighted by Crippen LogP contribution is -2.27. The van der Waals surface area contributed by atoms with Crippen molar-refractivity contribution >= 4 is 40.3 Å². The van der Waals surface area contributed by atoms with Gasteiger partial charge in [-0.05, 0) is 61.4 Å². The zero-order chi connectivity index (χ0) is 21.3. The van der Waals surface area contributed by atoms with E-state index in [1.165, 1.54) is 11.8 Å². The Morgan fingerprint density at radius 3 is 2.43 bits per heavy atom. The predicted molar refractivity (Wildman–Crippen MR) is 127 cm³/mol. The summed E-state index contributed by atoms with van der Waals surface area (Å²) in [6, 6.07) is 20.0. The molecule has 4 rings (SSSR count). The summed E-state index contributed by atoms with van der Waals surface area (Å²) in [6.07, 6.45) is 1.95. The van der Waals surface area contributed by atoms with Gasteiger partial charge in [0.05, 0.1) is 18.6 Å². The zero-order valence-corrected chi connectivity index (χ0v) is 18.7. The number of benzene rings is 2. The number of amides is 1. The Morgan fingerprint density at radius 1 is 1.07 bits per heavy atom. The normalized spacial score (nSPS) is 15.3. The van der Waals surface area contributed by atoms with Gasteiger partial charge in [0.2, 0.25) is 0 Å². The summed E-state index contributed by atoms with van der Waals surface area (Å²) in [7, 11) is 1.66. The quantitative estimate of drug-likeness (QED) is 0.392. The number of thiocarbonyl (C=S) groups is 1. The Balaban J connectivity index is 1.62. The molecule has 1 aliphatic rings. The van der Waals surface area contributed by atoms with Gasteiger partial charge in [-0.2, -0.15) is 0 Å². The number of ether oxygens (including phenoxy) is 1. The third-order valence-electron chi connectivity index (χ3n) is 5.14. The molecule has 0 aliphatic carbocycles. The van der Waals surface area contributed by atoms with Crippen molar-refractivity contribution in [2.75, 3.05) is 7.11 Å². The van der Waals surface area contributed by atoms with Crippen molar-refractivity contribution in [2.45, 2.75) is 20.4 Å². The van der Waals surface area contributed by atoms with Gasteiger partial charge in [-0.3, -0.25) is 9.69 Å². The molecule has 1 saturated heterocycles. The minimum absolute atomic E-state index is 0.0388. The third-order valence-corrected chi connectivity index (χ3v) is 6.52. The highest BCUT2D eigenvalue weighted by molar-refractivity contribution is 8.26. The Kier molecular flexibility index (Phi) is 5.79. The van der Waals surface area contributed by atoms with Crippen molar-refractivity contribution in [3.8, 4) is 11.4 Å². The van der Waals surface area contributed by atoms with Crippen molar-refractivity contribution in [3.63, 3.8) is 0 Å². The van der Waals surface area contributed by atoms with E-state index in [1.54, 1.807) is 12.0 Å². The van der Waals surface area contributed by atoms with E-state index >= 15 is 0 Å². The van der Waals surface area contributed by atoms with Gasteiger partial charge in [0.1, 0.15) is 10.1 Å². The van der Waals surface area contributed by atoms with Crippen LogP contribution in [0.4, 0.5) is 0 Å². The molecule has 0 spiro atoms. The molecule has 0 bridgehead atoms. The molecule has 0 radical (unpaired) electrons. The van der Waals surface area contributed by atoms with E-state index < -0.39 is 0 Å². The minimum Gasteiger partial charge on any atom is -0.497 e. The Morgan fingerprint density at radius 2 is 1.77 bits per heavy atom. The highest BCUT2D eigenvalue weighted by Gasteiger charge is 2.32. The van der Waals surface area contributed by atoms with Crippen molar-refractivity contribution in [3.05, 3.63) is 88.1 Å². The lowest BCUT2D eigenvalue weighted by molar-refractivity contribution is -0.122. The zero-order valence-electron chi connectivity index (χ0n) is 17.1. The minimum atomic E-state index is -0.0388. The van der Waals surface area contributed by atoms with Crippen LogP contribution < -0.4 is 4.74 Å². The molecule has 0 unspecified atom stereocenters. The van der Waals surface area contributed by atoms with E-state index in [0.29, 0.717) is 15.8 Å². The van der Waals surface area contributed by atoms with E-state index in [1.807, 2.05) is 60.7 Å². The van der Waals surface area contributed by atoms with Crippen LogP contribution in [0.1, 0.15) is 22.5 Å². The summed E-state index contributed by atoms with van der Waals surface area (Å²) in [5.74, 6) is 0.784. The highest BCUT2D eigenvalue weighted by atomic mass is 32.2. The SMILES string of the molecule is COc1ccc(-n2c(C)cc(/C=C3/SC(=S)N(Cc4ccccc4)C3=O)c2C)cc1. The molecular weight excluding hydrogens is 412 g/mol. The van der Waals surface area contributed by atoms with Crippen molar-refractivity contribution in [1.82, 2.24) is 9.47 Å². The number of thioether (sulfide) groups is 1. The van der Waals surface area contributed by atoms with E-state index in [9.17, 15) is 4.79 Å². The molecular formula is C24H22N2O2S2. The van der Waals surface area contributed by atoms with Gasteiger partial charge in [-0.1, -0.05) is 54.3 Å². The van der Waals surface area contributed by atoms with Crippen LogP contribution in [-0.4, -0.2) is 26.8 Å². The maximum atomic E-state index is 13.0. The summed E-state index contributed by atoms with van der Waals surface area (Å²) in [4.78, 5) is 15.3. The number of aromatic nitrogens is 1. The fourth-order valence-electron chi connectivity index (χ4n) is 3.61. The van der Waals surface area contributed by atoms with Gasteiger partial charge in [0, 0.05) is 17.1 Å². The lowest BCUT2D eigenvalue weighted by Gasteiger charge is -2.14. The lowest BCUT2D eigenvalue weighted by atomic mass is 10.2. The van der Waals surface area contributed by atoms with Gasteiger partial charge in [0.15, 0.2) is 0 Å². The molecule has 152 valence electrons. The van der Waals surface area contributed by atoms with Crippen molar-refractivity contribution < 1.29 is 9.53 Å². The molecule has 1 fully saturated rings. The van der Waals surface area contributed by atoms with E-state index in [4.69, 9.17) is 17.0 Å². The second-order valence-corrected chi connectivity index (χ2v) is 8.79. The number of hydrogen-bond acceptors (Lipinski definition) is 4. The monoisotopic (exact) mass is 434 g/mol. The molecule has 1 aliphatic heterocycles. The van der Waals surface area contributed by atoms with Crippen LogP contribution in [0.5, 0.6) is 5.75 Å². The van der Waals surface area contributed by atoms with Crippen LogP contribution >= 0.6 is 24.0 Å². The third kappa shape index (κ3) is 3.93. The second kappa shape index (κ2) is 8.50. The van der Waals surface area contributed by atoms with E-state index in [-0.39, 0.29) is 5.91 Å². The molecule has 2 heterocycles. The van der Waals surface area contributed by atoms with E-state index in [0.717, 1.165) is 34.0 Å². The first-order chi connectivity index (χ1) is 14.5. The number of carbonyl (C=O) groups is 1. The topological polar surface area (TPSA) is 34.5 Å². The van der Waals surface area contributed by atoms with Crippen LogP contribution in [0.25, 0.3) is 11.8 Å². The van der Waals surface area contributed by atoms with Gasteiger partial charge >= 0.3 is 0 Å². The summed E-state index contributed by atoms with van der Waals surface area (Å²) in [6.45, 7) is 4.62. The molecule has 3 aromatic rings. The molecule has 0 atom stereocenters. The number of hydrogen-bond donors (Lipinski definition) is 0. The molecule has 0 N–H and O–H groups in total. The number of carbonyl (C=O) groups excluding carboxylic acids is 1. The predicted octanol–water partition coefficient (Wildman–Crippen LogP) is 5.50. The Hall–Kier alpha value is -2.83. The second-order valence-electron chi connectivity index (χ2n) is 7.11. The smallest absolute Gasteiger partial charge is 0.266 e. The Labute approximate surface area is 186 Å². The van der Waals surface area contributed by atoms with Crippen LogP contribution in [0.2, 0.25) is 0 Å². The first-order valence-corrected chi connectivity index (χ1v) is 10.8. The summed E-state index contributed by atoms with van der Waals surface area (Å²) in [5, 5.41) is 0. The maximum absolute atomic E-state index is 13.0. The van der Waals surface area contributed by atoms with E-state index in [2.05, 4.69) is 24.5 Å². The Bertz CT molecular complexity index is 1130. The summed E-state index contributed by atoms with van der Waals surface area (Å²) in [5.41, 5.74) is 5.31. The first kappa shape index (κ1) is 20.4. The molecule has 0 saturated carbocycles. The largest absolute Gasteiger partial charge is 0.497 e. The van der Waals surface area contributed by atoms with Gasteiger partial charge in [-0.25, -0.2) is 0 Å². The van der Waals surface area contributed by atoms with Gasteiger partial charge in [0.25, 0.3) is 5.91 Å². The van der Waals surface area contributed by atoms with Gasteiger partial charge in [-0.15, -0.1) is 0 Å². The number of methoxy groups -OCH3 is 1. The number of rotatable bonds is 5. The van der Waals surface area contributed by atoms with Crippen LogP contribution in [0.3, 0.4) is 0 Å². The number of aryl methyl sites for hydroxylation is 1. The molecule has 30 heavy (non-hydrogen) atoms. The fourth-order valence-corrected chi connectivity index (χ4v) is 4.85. The van der Waals surface area contributed by atoms with Crippen molar-refractivity contribution in [2.24, 2.45) is 0 Å². The first-order valence-electron chi connectivity index (χ1n) is 9.60. The van der Waals surface area contributed by atoms with Crippen LogP contribution in [0.15, 0.2) is 65.6 Å². The molecule has 1 amide bonds. The number of nitrogens with zero attached hydrogens (tertiary/aromatic N) is 2. The molecule has 6 heteroatoms. The maximum Gasteiger partial charge on any atom is 0.266 e. The van der Waals surface area contributed by atoms with Crippen LogP contribution in [-0.2, 0) is 11.3 Å². The van der Waals surface area contributed by atoms with Crippen LogP contribution in [0, 0.1) is 13.8 Å². The molecule has 2 aromatic carbocycles. The molecule has 4 nitrogen and oxygen atoms in total. The summed E-state index contributed by atoms with van der Waals surface area (Å²) >= 11 is 6.85. The fraction of sp³-hybridized carbons (Fsp3) is 0.167. The van der Waals surface area contributed by atoms with Gasteiger partial charge < -0.3 is 9.30 Å². The molecule has 1 aromatic heterocycles.